The lowest BCUT2D eigenvalue weighted by molar-refractivity contribution is -0.131. The minimum absolute atomic E-state index is 0.000871. The molecule has 3 nitrogen and oxygen atoms in total. The Hall–Kier alpha value is -0.570. The molecular weight excluding hydrogens is 236 g/mol. The fraction of sp³-hybridized carbons (Fsp3) is 0.938. The second-order valence-corrected chi connectivity index (χ2v) is 7.06. The van der Waals surface area contributed by atoms with Gasteiger partial charge in [0, 0.05) is 6.54 Å². The molecule has 0 aromatic rings. The van der Waals surface area contributed by atoms with Crippen LogP contribution in [0.3, 0.4) is 0 Å². The zero-order valence-electron chi connectivity index (χ0n) is 13.0. The summed E-state index contributed by atoms with van der Waals surface area (Å²) in [5, 5.41) is 3.48. The zero-order chi connectivity index (χ0) is 14.0. The van der Waals surface area contributed by atoms with Gasteiger partial charge in [0.05, 0.1) is 12.2 Å². The topological polar surface area (TPSA) is 32.3 Å². The van der Waals surface area contributed by atoms with Crippen LogP contribution in [0.4, 0.5) is 0 Å². The number of carbonyl (C=O) groups is 1. The smallest absolute Gasteiger partial charge is 0.240 e. The highest BCUT2D eigenvalue weighted by Crippen LogP contribution is 2.42. The summed E-state index contributed by atoms with van der Waals surface area (Å²) in [4.78, 5) is 14.6. The monoisotopic (exact) mass is 266 g/mol. The summed E-state index contributed by atoms with van der Waals surface area (Å²) >= 11 is 0. The first-order valence-electron chi connectivity index (χ1n) is 8.04. The van der Waals surface area contributed by atoms with Crippen LogP contribution in [0.25, 0.3) is 0 Å². The Labute approximate surface area is 118 Å². The molecule has 0 spiro atoms. The molecule has 19 heavy (non-hydrogen) atoms. The summed E-state index contributed by atoms with van der Waals surface area (Å²) in [6.45, 7) is 9.73. The van der Waals surface area contributed by atoms with Gasteiger partial charge in [-0.25, -0.2) is 0 Å². The lowest BCUT2D eigenvalue weighted by Gasteiger charge is -2.36. The molecule has 2 fully saturated rings. The molecule has 3 heteroatoms. The van der Waals surface area contributed by atoms with E-state index in [0.29, 0.717) is 17.2 Å². The third-order valence-corrected chi connectivity index (χ3v) is 5.09. The summed E-state index contributed by atoms with van der Waals surface area (Å²) in [7, 11) is 0. The number of nitrogens with zero attached hydrogens (tertiary/aromatic N) is 1. The molecule has 1 saturated carbocycles. The van der Waals surface area contributed by atoms with Crippen LogP contribution < -0.4 is 5.32 Å². The highest BCUT2D eigenvalue weighted by molar-refractivity contribution is 5.83. The average Bonchev–Trinajstić information content (AvgIpc) is 2.91. The molecule has 2 rings (SSSR count). The van der Waals surface area contributed by atoms with Crippen LogP contribution in [0.2, 0.25) is 0 Å². The fourth-order valence-electron chi connectivity index (χ4n) is 3.79. The molecule has 0 bridgehead atoms. The minimum Gasteiger partial charge on any atom is -0.325 e. The van der Waals surface area contributed by atoms with Gasteiger partial charge in [0.1, 0.15) is 0 Å². The SMILES string of the molecule is CCC1(CN2C(=O)C(C)NC2CC(C)C)CCCC1. The predicted molar refractivity (Wildman–Crippen MR) is 78.7 cm³/mol. The standard InChI is InChI=1S/C16H30N2O/c1-5-16(8-6-7-9-16)11-18-14(10-12(2)3)17-13(4)15(18)19/h12-14,17H,5-11H2,1-4H3. The van der Waals surface area contributed by atoms with E-state index >= 15 is 0 Å². The van der Waals surface area contributed by atoms with Crippen molar-refractivity contribution in [2.45, 2.75) is 78.4 Å². The summed E-state index contributed by atoms with van der Waals surface area (Å²) in [5.74, 6) is 0.935. The van der Waals surface area contributed by atoms with Crippen LogP contribution >= 0.6 is 0 Å². The van der Waals surface area contributed by atoms with E-state index in [1.54, 1.807) is 0 Å². The van der Waals surface area contributed by atoms with Gasteiger partial charge >= 0.3 is 0 Å². The minimum atomic E-state index is -0.000871. The maximum Gasteiger partial charge on any atom is 0.240 e. The van der Waals surface area contributed by atoms with Crippen molar-refractivity contribution >= 4 is 5.91 Å². The maximum atomic E-state index is 12.4. The van der Waals surface area contributed by atoms with E-state index in [0.717, 1.165) is 13.0 Å². The maximum absolute atomic E-state index is 12.4. The Morgan fingerprint density at radius 2 is 2.00 bits per heavy atom. The summed E-state index contributed by atoms with van der Waals surface area (Å²) < 4.78 is 0. The van der Waals surface area contributed by atoms with Crippen molar-refractivity contribution in [3.05, 3.63) is 0 Å². The molecule has 110 valence electrons. The van der Waals surface area contributed by atoms with Crippen molar-refractivity contribution in [1.82, 2.24) is 10.2 Å². The molecule has 1 amide bonds. The number of rotatable bonds is 5. The van der Waals surface area contributed by atoms with Gasteiger partial charge in [0.15, 0.2) is 0 Å². The number of carbonyl (C=O) groups excluding carboxylic acids is 1. The molecule has 1 aliphatic heterocycles. The third-order valence-electron chi connectivity index (χ3n) is 5.09. The molecule has 2 unspecified atom stereocenters. The van der Waals surface area contributed by atoms with Gasteiger partial charge in [-0.2, -0.15) is 0 Å². The highest BCUT2D eigenvalue weighted by atomic mass is 16.2. The van der Waals surface area contributed by atoms with Gasteiger partial charge in [-0.3, -0.25) is 10.1 Å². The quantitative estimate of drug-likeness (QED) is 0.829. The Kier molecular flexibility index (Phi) is 4.54. The van der Waals surface area contributed by atoms with Gasteiger partial charge in [-0.15, -0.1) is 0 Å². The molecule has 1 aliphatic carbocycles. The average molecular weight is 266 g/mol. The number of hydrogen-bond donors (Lipinski definition) is 1. The van der Waals surface area contributed by atoms with E-state index in [1.165, 1.54) is 32.1 Å². The summed E-state index contributed by atoms with van der Waals surface area (Å²) in [6, 6.07) is -0.000871. The molecule has 1 heterocycles. The molecule has 1 N–H and O–H groups in total. The van der Waals surface area contributed by atoms with Crippen LogP contribution in [0.5, 0.6) is 0 Å². The van der Waals surface area contributed by atoms with Crippen molar-refractivity contribution < 1.29 is 4.79 Å². The van der Waals surface area contributed by atoms with E-state index < -0.39 is 0 Å². The number of nitrogens with one attached hydrogen (secondary N) is 1. The van der Waals surface area contributed by atoms with Crippen molar-refractivity contribution in [3.63, 3.8) is 0 Å². The molecule has 1 saturated heterocycles. The number of hydrogen-bond acceptors (Lipinski definition) is 2. The Morgan fingerprint density at radius 3 is 2.53 bits per heavy atom. The molecule has 0 radical (unpaired) electrons. The van der Waals surface area contributed by atoms with E-state index in [9.17, 15) is 4.79 Å². The Bertz CT molecular complexity index is 321. The van der Waals surface area contributed by atoms with E-state index in [1.807, 2.05) is 6.92 Å². The van der Waals surface area contributed by atoms with E-state index in [-0.39, 0.29) is 12.2 Å². The first-order valence-corrected chi connectivity index (χ1v) is 8.04. The summed E-state index contributed by atoms with van der Waals surface area (Å²) in [5.41, 5.74) is 0.399. The van der Waals surface area contributed by atoms with Gasteiger partial charge in [0.25, 0.3) is 0 Å². The second kappa shape index (κ2) is 5.82. The van der Waals surface area contributed by atoms with E-state index in [2.05, 4.69) is 31.0 Å². The molecule has 0 aromatic carbocycles. The van der Waals surface area contributed by atoms with Crippen LogP contribution in [0.1, 0.15) is 66.2 Å². The molecule has 0 aromatic heterocycles. The molecule has 2 aliphatic rings. The number of amides is 1. The van der Waals surface area contributed by atoms with Crippen molar-refractivity contribution in [1.29, 1.82) is 0 Å². The Balaban J connectivity index is 2.08. The summed E-state index contributed by atoms with van der Waals surface area (Å²) in [6.07, 6.45) is 7.81. The molecular formula is C16H30N2O. The normalized spacial score (nSPS) is 30.6. The van der Waals surface area contributed by atoms with Gasteiger partial charge < -0.3 is 4.90 Å². The zero-order valence-corrected chi connectivity index (χ0v) is 13.0. The first-order chi connectivity index (χ1) is 8.97. The van der Waals surface area contributed by atoms with E-state index in [4.69, 9.17) is 0 Å². The van der Waals surface area contributed by atoms with Gasteiger partial charge in [-0.05, 0) is 43.9 Å². The van der Waals surface area contributed by atoms with Crippen LogP contribution in [-0.4, -0.2) is 29.6 Å². The third kappa shape index (κ3) is 3.13. The lowest BCUT2D eigenvalue weighted by Crippen LogP contribution is -2.44. The van der Waals surface area contributed by atoms with Gasteiger partial charge in [-0.1, -0.05) is 33.6 Å². The van der Waals surface area contributed by atoms with Crippen LogP contribution in [-0.2, 0) is 4.79 Å². The lowest BCUT2D eigenvalue weighted by atomic mass is 9.82. The largest absolute Gasteiger partial charge is 0.325 e. The fourth-order valence-corrected chi connectivity index (χ4v) is 3.79. The van der Waals surface area contributed by atoms with Crippen LogP contribution in [0, 0.1) is 11.3 Å². The Morgan fingerprint density at radius 1 is 1.37 bits per heavy atom. The highest BCUT2D eigenvalue weighted by Gasteiger charge is 2.42. The predicted octanol–water partition coefficient (Wildman–Crippen LogP) is 3.15. The van der Waals surface area contributed by atoms with Crippen molar-refractivity contribution in [2.75, 3.05) is 6.54 Å². The van der Waals surface area contributed by atoms with Crippen molar-refractivity contribution in [3.8, 4) is 0 Å². The second-order valence-electron chi connectivity index (χ2n) is 7.06. The van der Waals surface area contributed by atoms with Gasteiger partial charge in [0.2, 0.25) is 5.91 Å². The molecule has 2 atom stereocenters. The first kappa shape index (κ1) is 14.8. The van der Waals surface area contributed by atoms with Crippen LogP contribution in [0.15, 0.2) is 0 Å². The van der Waals surface area contributed by atoms with Crippen molar-refractivity contribution in [2.24, 2.45) is 11.3 Å².